The Morgan fingerprint density at radius 1 is 1.04 bits per heavy atom. The van der Waals surface area contributed by atoms with Gasteiger partial charge in [-0.25, -0.2) is 0 Å². The van der Waals surface area contributed by atoms with Crippen LogP contribution in [0.5, 0.6) is 0 Å². The van der Waals surface area contributed by atoms with Crippen molar-refractivity contribution in [2.45, 2.75) is 77.4 Å². The van der Waals surface area contributed by atoms with E-state index in [1.807, 2.05) is 0 Å². The first kappa shape index (κ1) is 21.2. The molecule has 4 heteroatoms. The molecule has 4 aliphatic carbocycles. The summed E-state index contributed by atoms with van der Waals surface area (Å²) in [6, 6.07) is 0.403. The fraction of sp³-hybridized carbons (Fsp3) is 0.957. The fourth-order valence-corrected chi connectivity index (χ4v) is 8.40. The third-order valence-electron chi connectivity index (χ3n) is 9.83. The quantitative estimate of drug-likeness (QED) is 0.603. The molecule has 0 amide bonds. The smallest absolute Gasteiger partial charge is 0.0698 e. The predicted octanol–water partition coefficient (Wildman–Crippen LogP) is 3.48. The van der Waals surface area contributed by atoms with Gasteiger partial charge < -0.3 is 16.8 Å². The van der Waals surface area contributed by atoms with E-state index < -0.39 is 0 Å². The van der Waals surface area contributed by atoms with Crippen molar-refractivity contribution in [2.24, 2.45) is 34.5 Å². The first-order chi connectivity index (χ1) is 12.5. The van der Waals surface area contributed by atoms with Crippen molar-refractivity contribution in [3.05, 3.63) is 6.42 Å². The molecule has 1 radical (unpaired) electrons. The molecule has 0 aromatic rings. The van der Waals surface area contributed by atoms with Gasteiger partial charge in [-0.1, -0.05) is 39.0 Å². The molecular weight excluding hydrogens is 409 g/mol. The largest absolute Gasteiger partial charge is 0.391 e. The third kappa shape index (κ3) is 3.44. The van der Waals surface area contributed by atoms with Crippen LogP contribution >= 0.6 is 0 Å². The Kier molecular flexibility index (Phi) is 6.22. The summed E-state index contributed by atoms with van der Waals surface area (Å²) in [5, 5.41) is 14.5. The summed E-state index contributed by atoms with van der Waals surface area (Å²) in [7, 11) is 0. The van der Waals surface area contributed by atoms with Gasteiger partial charge in [0.1, 0.15) is 0 Å². The maximum atomic E-state index is 11.0. The van der Waals surface area contributed by atoms with Crippen molar-refractivity contribution < 1.29 is 37.8 Å². The van der Waals surface area contributed by atoms with Crippen LogP contribution in [0.4, 0.5) is 0 Å². The predicted molar refractivity (Wildman–Crippen MR) is 106 cm³/mol. The van der Waals surface area contributed by atoms with Gasteiger partial charge in [0.25, 0.3) is 0 Å². The molecular formula is C23H39N2OY-. The van der Waals surface area contributed by atoms with Gasteiger partial charge >= 0.3 is 0 Å². The fourth-order valence-electron chi connectivity index (χ4n) is 8.40. The number of nitrogens with zero attached hydrogens (tertiary/aromatic N) is 1. The summed E-state index contributed by atoms with van der Waals surface area (Å²) in [6.07, 6.45) is 13.3. The van der Waals surface area contributed by atoms with Gasteiger partial charge in [-0.05, 0) is 48.9 Å². The topological polar surface area (TPSA) is 35.5 Å². The Balaban J connectivity index is 0.00000180. The molecule has 8 atom stereocenters. The number of hydrogen-bond donors (Lipinski definition) is 2. The van der Waals surface area contributed by atoms with Crippen LogP contribution in [0.25, 0.3) is 0 Å². The van der Waals surface area contributed by atoms with Crippen molar-refractivity contribution in [3.63, 3.8) is 0 Å². The number of piperazine rings is 1. The van der Waals surface area contributed by atoms with Crippen LogP contribution in [0.1, 0.15) is 65.2 Å². The number of fused-ring (bicyclic) bond motifs is 5. The van der Waals surface area contributed by atoms with E-state index in [9.17, 15) is 5.11 Å². The maximum absolute atomic E-state index is 11.0. The molecule has 0 spiro atoms. The van der Waals surface area contributed by atoms with Crippen molar-refractivity contribution >= 4 is 0 Å². The molecule has 151 valence electrons. The van der Waals surface area contributed by atoms with E-state index in [1.54, 1.807) is 0 Å². The van der Waals surface area contributed by atoms with Gasteiger partial charge in [-0.15, -0.1) is 0 Å². The average molecular weight is 448 g/mol. The van der Waals surface area contributed by atoms with Crippen LogP contribution < -0.4 is 5.32 Å². The minimum atomic E-state index is -0.101. The van der Waals surface area contributed by atoms with E-state index in [0.29, 0.717) is 16.9 Å². The molecule has 0 bridgehead atoms. The zero-order valence-electron chi connectivity index (χ0n) is 17.5. The van der Waals surface area contributed by atoms with Crippen LogP contribution in [0.2, 0.25) is 0 Å². The van der Waals surface area contributed by atoms with E-state index >= 15 is 0 Å². The molecule has 27 heavy (non-hydrogen) atoms. The van der Waals surface area contributed by atoms with Crippen molar-refractivity contribution in [3.8, 4) is 0 Å². The zero-order chi connectivity index (χ0) is 17.9. The average Bonchev–Trinajstić information content (AvgIpc) is 3.04. The van der Waals surface area contributed by atoms with Crippen LogP contribution in [0, 0.1) is 40.9 Å². The van der Waals surface area contributed by atoms with E-state index in [4.69, 9.17) is 0 Å². The van der Waals surface area contributed by atoms with E-state index in [2.05, 4.69) is 30.5 Å². The minimum Gasteiger partial charge on any atom is -0.391 e. The normalized spacial score (nSPS) is 53.0. The second-order valence-corrected chi connectivity index (χ2v) is 10.8. The molecule has 4 saturated carbocycles. The molecule has 2 N–H and O–H groups in total. The summed E-state index contributed by atoms with van der Waals surface area (Å²) in [6.45, 7) is 9.61. The van der Waals surface area contributed by atoms with Gasteiger partial charge in [0.2, 0.25) is 0 Å². The number of rotatable bonds is 1. The van der Waals surface area contributed by atoms with Crippen LogP contribution in [0.15, 0.2) is 0 Å². The second-order valence-electron chi connectivity index (χ2n) is 10.8. The summed E-state index contributed by atoms with van der Waals surface area (Å²) < 4.78 is 0. The van der Waals surface area contributed by atoms with Crippen molar-refractivity contribution in [2.75, 3.05) is 26.2 Å². The summed E-state index contributed by atoms with van der Waals surface area (Å²) in [4.78, 5) is 2.61. The monoisotopic (exact) mass is 448 g/mol. The van der Waals surface area contributed by atoms with Gasteiger partial charge in [0, 0.05) is 64.9 Å². The summed E-state index contributed by atoms with van der Waals surface area (Å²) >= 11 is 0. The zero-order valence-corrected chi connectivity index (χ0v) is 20.3. The molecule has 0 aromatic heterocycles. The van der Waals surface area contributed by atoms with Crippen LogP contribution in [-0.2, 0) is 32.7 Å². The van der Waals surface area contributed by atoms with E-state index in [1.165, 1.54) is 44.9 Å². The van der Waals surface area contributed by atoms with E-state index in [-0.39, 0.29) is 38.8 Å². The molecule has 5 fully saturated rings. The Morgan fingerprint density at radius 3 is 2.59 bits per heavy atom. The van der Waals surface area contributed by atoms with Gasteiger partial charge in [0.05, 0.1) is 6.10 Å². The Labute approximate surface area is 191 Å². The molecule has 5 rings (SSSR count). The van der Waals surface area contributed by atoms with Gasteiger partial charge in [-0.2, -0.15) is 11.8 Å². The number of aliphatic hydroxyl groups excluding tert-OH is 1. The van der Waals surface area contributed by atoms with Crippen molar-refractivity contribution in [1.29, 1.82) is 0 Å². The summed E-state index contributed by atoms with van der Waals surface area (Å²) in [5.74, 6) is 3.56. The Bertz CT molecular complexity index is 538. The van der Waals surface area contributed by atoms with E-state index in [0.717, 1.165) is 56.3 Å². The molecule has 0 aromatic carbocycles. The van der Waals surface area contributed by atoms with Crippen LogP contribution in [0.3, 0.4) is 0 Å². The Hall–Kier alpha value is 0.984. The number of aliphatic hydroxyl groups is 1. The maximum Gasteiger partial charge on any atom is 0.0698 e. The minimum absolute atomic E-state index is 0. The van der Waals surface area contributed by atoms with Crippen molar-refractivity contribution in [1.82, 2.24) is 10.2 Å². The third-order valence-corrected chi connectivity index (χ3v) is 9.83. The number of nitrogens with one attached hydrogen (secondary N) is 1. The first-order valence-electron chi connectivity index (χ1n) is 11.5. The van der Waals surface area contributed by atoms with Gasteiger partial charge in [-0.3, -0.25) is 4.90 Å². The molecule has 3 unspecified atom stereocenters. The molecule has 3 nitrogen and oxygen atoms in total. The SMILES string of the molecule is C[C@@]12[CH-]CCC1C1CC[C@H]3C[C@H](O)[C@@H](N4CCNCC4)C[C@]3(C)C1CC2.[Y]. The summed E-state index contributed by atoms with van der Waals surface area (Å²) in [5.41, 5.74) is 0.998. The standard InChI is InChI=1S/C23H39N2O.Y/c1-22-8-3-4-18(22)17-6-5-16-14-21(26)20(25-12-10-24-11-13-25)15-23(16,2)19(17)7-9-22;/h8,16-21,24,26H,3-7,9-15H2,1-2H3;/q-1;/t16-,17?,18?,19?,20-,21-,22-,23-;/m0./s1. The number of hydrogen-bond acceptors (Lipinski definition) is 3. The molecule has 1 aliphatic heterocycles. The second kappa shape index (κ2) is 7.91. The van der Waals surface area contributed by atoms with Crippen LogP contribution in [-0.4, -0.2) is 48.3 Å². The first-order valence-corrected chi connectivity index (χ1v) is 11.5. The molecule has 1 heterocycles. The molecule has 1 saturated heterocycles. The van der Waals surface area contributed by atoms with Gasteiger partial charge in [0.15, 0.2) is 0 Å². The molecule has 5 aliphatic rings. The Morgan fingerprint density at radius 2 is 1.81 bits per heavy atom.